The van der Waals surface area contributed by atoms with Crippen molar-refractivity contribution in [2.75, 3.05) is 6.61 Å². The van der Waals surface area contributed by atoms with Gasteiger partial charge in [0, 0.05) is 6.42 Å². The van der Waals surface area contributed by atoms with Gasteiger partial charge in [-0.1, -0.05) is 39.8 Å². The first-order valence-corrected chi connectivity index (χ1v) is 10.7. The molecule has 0 aliphatic heterocycles. The van der Waals surface area contributed by atoms with E-state index >= 15 is 0 Å². The van der Waals surface area contributed by atoms with Gasteiger partial charge in [-0.05, 0) is 29.5 Å². The molecule has 4 atom stereocenters. The zero-order chi connectivity index (χ0) is 25.3. The molecule has 0 radical (unpaired) electrons. The topological polar surface area (TPSA) is 191 Å². The van der Waals surface area contributed by atoms with Crippen molar-refractivity contribution in [3.63, 3.8) is 0 Å². The molecule has 0 saturated heterocycles. The van der Waals surface area contributed by atoms with E-state index in [0.29, 0.717) is 5.56 Å². The van der Waals surface area contributed by atoms with Gasteiger partial charge in [-0.25, -0.2) is 4.79 Å². The average Bonchev–Trinajstić information content (AvgIpc) is 2.74. The number of phenols is 1. The molecule has 0 aromatic heterocycles. The first-order valence-electron chi connectivity index (χ1n) is 10.7. The number of phenolic OH excluding ortho intramolecular Hbond substituents is 1. The van der Waals surface area contributed by atoms with Crippen LogP contribution in [-0.2, 0) is 25.6 Å². The Morgan fingerprint density at radius 2 is 1.36 bits per heavy atom. The van der Waals surface area contributed by atoms with Crippen LogP contribution in [0.3, 0.4) is 0 Å². The van der Waals surface area contributed by atoms with Crippen LogP contribution in [0.25, 0.3) is 0 Å². The normalized spacial score (nSPS) is 14.8. The smallest absolute Gasteiger partial charge is 0.326 e. The number of hydrogen-bond acceptors (Lipinski definition) is 7. The van der Waals surface area contributed by atoms with E-state index in [4.69, 9.17) is 10.8 Å². The molecule has 0 fully saturated rings. The first-order chi connectivity index (χ1) is 15.4. The molecule has 1 aromatic rings. The van der Waals surface area contributed by atoms with Gasteiger partial charge in [-0.3, -0.25) is 14.4 Å². The number of nitrogens with two attached hydrogens (primary N) is 1. The highest BCUT2D eigenvalue weighted by molar-refractivity contribution is 5.94. The fraction of sp³-hybridized carbons (Fsp3) is 0.545. The van der Waals surface area contributed by atoms with Crippen LogP contribution in [0.4, 0.5) is 0 Å². The summed E-state index contributed by atoms with van der Waals surface area (Å²) < 4.78 is 0. The van der Waals surface area contributed by atoms with Crippen molar-refractivity contribution in [2.24, 2.45) is 17.6 Å². The first kappa shape index (κ1) is 27.9. The van der Waals surface area contributed by atoms with Gasteiger partial charge < -0.3 is 37.0 Å². The summed E-state index contributed by atoms with van der Waals surface area (Å²) in [6.45, 7) is 6.04. The summed E-state index contributed by atoms with van der Waals surface area (Å²) in [6, 6.07) is 1.40. The van der Waals surface area contributed by atoms with Gasteiger partial charge in [0.2, 0.25) is 17.7 Å². The molecule has 1 aromatic carbocycles. The average molecular weight is 467 g/mol. The number of carboxylic acid groups (broad SMARTS) is 1. The Bertz CT molecular complexity index is 827. The SMILES string of the molecule is CC(C)C(NC(=O)C(NC(=O)C(Cc1ccc(O)cc1)NC(=O)C(N)CO)C(C)C)C(=O)O. The third-order valence-corrected chi connectivity index (χ3v) is 5.02. The molecule has 0 aliphatic rings. The van der Waals surface area contributed by atoms with Gasteiger partial charge in [0.1, 0.15) is 29.9 Å². The molecule has 0 aliphatic carbocycles. The predicted molar refractivity (Wildman–Crippen MR) is 120 cm³/mol. The lowest BCUT2D eigenvalue weighted by Crippen LogP contribution is -2.59. The number of benzene rings is 1. The number of carbonyl (C=O) groups excluding carboxylic acids is 3. The zero-order valence-electron chi connectivity index (χ0n) is 19.2. The Labute approximate surface area is 192 Å². The van der Waals surface area contributed by atoms with E-state index in [1.54, 1.807) is 39.8 Å². The number of rotatable bonds is 12. The van der Waals surface area contributed by atoms with E-state index in [0.717, 1.165) is 0 Å². The number of aliphatic carboxylic acids is 1. The highest BCUT2D eigenvalue weighted by Crippen LogP contribution is 2.12. The van der Waals surface area contributed by atoms with Crippen LogP contribution in [-0.4, -0.2) is 69.8 Å². The third kappa shape index (κ3) is 8.70. The van der Waals surface area contributed by atoms with Crippen LogP contribution in [0.1, 0.15) is 33.3 Å². The second kappa shape index (κ2) is 12.8. The Morgan fingerprint density at radius 1 is 0.848 bits per heavy atom. The molecule has 4 unspecified atom stereocenters. The number of carbonyl (C=O) groups is 4. The standard InChI is InChI=1S/C22H34N4O7/c1-11(2)17(21(31)26-18(12(3)4)22(32)33)25-20(30)16(24-19(29)15(23)10-27)9-13-5-7-14(28)8-6-13/h5-8,11-12,15-18,27-28H,9-10,23H2,1-4H3,(H,24,29)(H,25,30)(H,26,31)(H,32,33). The van der Waals surface area contributed by atoms with Gasteiger partial charge in [0.05, 0.1) is 6.61 Å². The number of aliphatic hydroxyl groups excluding tert-OH is 1. The number of hydrogen-bond donors (Lipinski definition) is 7. The van der Waals surface area contributed by atoms with Crippen LogP contribution in [0.2, 0.25) is 0 Å². The number of amides is 3. The number of carboxylic acids is 1. The Kier molecular flexibility index (Phi) is 10.8. The van der Waals surface area contributed by atoms with Crippen molar-refractivity contribution in [3.05, 3.63) is 29.8 Å². The lowest BCUT2D eigenvalue weighted by Gasteiger charge is -2.28. The van der Waals surface area contributed by atoms with Crippen molar-refractivity contribution in [1.29, 1.82) is 0 Å². The lowest BCUT2D eigenvalue weighted by atomic mass is 9.99. The van der Waals surface area contributed by atoms with Gasteiger partial charge >= 0.3 is 5.97 Å². The second-order valence-electron chi connectivity index (χ2n) is 8.52. The maximum Gasteiger partial charge on any atom is 0.326 e. The maximum atomic E-state index is 13.1. The monoisotopic (exact) mass is 466 g/mol. The minimum absolute atomic E-state index is 0.0200. The Balaban J connectivity index is 3.08. The summed E-state index contributed by atoms with van der Waals surface area (Å²) in [7, 11) is 0. The summed E-state index contributed by atoms with van der Waals surface area (Å²) in [6.07, 6.45) is 0.0200. The van der Waals surface area contributed by atoms with Crippen molar-refractivity contribution < 1.29 is 34.5 Å². The summed E-state index contributed by atoms with van der Waals surface area (Å²) in [5.41, 5.74) is 6.15. The molecule has 0 heterocycles. The van der Waals surface area contributed by atoms with E-state index in [-0.39, 0.29) is 24.0 Å². The summed E-state index contributed by atoms with van der Waals surface area (Å²) in [4.78, 5) is 49.5. The van der Waals surface area contributed by atoms with Crippen molar-refractivity contribution in [2.45, 2.75) is 58.3 Å². The molecule has 11 nitrogen and oxygen atoms in total. The predicted octanol–water partition coefficient (Wildman–Crippen LogP) is -0.895. The van der Waals surface area contributed by atoms with Gasteiger partial charge in [-0.15, -0.1) is 0 Å². The third-order valence-electron chi connectivity index (χ3n) is 5.02. The molecule has 0 spiro atoms. The van der Waals surface area contributed by atoms with E-state index in [1.165, 1.54) is 12.1 Å². The molecule has 1 rings (SSSR count). The van der Waals surface area contributed by atoms with Crippen LogP contribution >= 0.6 is 0 Å². The Morgan fingerprint density at radius 3 is 1.82 bits per heavy atom. The Hall–Kier alpha value is -3.18. The van der Waals surface area contributed by atoms with Crippen molar-refractivity contribution in [3.8, 4) is 5.75 Å². The maximum absolute atomic E-state index is 13.1. The fourth-order valence-electron chi connectivity index (χ4n) is 2.98. The molecule has 184 valence electrons. The van der Waals surface area contributed by atoms with E-state index in [9.17, 15) is 29.4 Å². The van der Waals surface area contributed by atoms with Crippen LogP contribution in [0, 0.1) is 11.8 Å². The summed E-state index contributed by atoms with van der Waals surface area (Å²) >= 11 is 0. The van der Waals surface area contributed by atoms with Gasteiger partial charge in [-0.2, -0.15) is 0 Å². The fourth-order valence-corrected chi connectivity index (χ4v) is 2.98. The van der Waals surface area contributed by atoms with Gasteiger partial charge in [0.15, 0.2) is 0 Å². The molecule has 33 heavy (non-hydrogen) atoms. The molecular weight excluding hydrogens is 432 g/mol. The highest BCUT2D eigenvalue weighted by Gasteiger charge is 2.32. The largest absolute Gasteiger partial charge is 0.508 e. The minimum atomic E-state index is -1.24. The van der Waals surface area contributed by atoms with Crippen molar-refractivity contribution in [1.82, 2.24) is 16.0 Å². The molecule has 11 heteroatoms. The van der Waals surface area contributed by atoms with Crippen LogP contribution < -0.4 is 21.7 Å². The number of nitrogens with one attached hydrogen (secondary N) is 3. The van der Waals surface area contributed by atoms with Gasteiger partial charge in [0.25, 0.3) is 0 Å². The van der Waals surface area contributed by atoms with Crippen LogP contribution in [0.15, 0.2) is 24.3 Å². The second-order valence-corrected chi connectivity index (χ2v) is 8.52. The molecule has 8 N–H and O–H groups in total. The highest BCUT2D eigenvalue weighted by atomic mass is 16.4. The molecule has 3 amide bonds. The van der Waals surface area contributed by atoms with Crippen LogP contribution in [0.5, 0.6) is 5.75 Å². The molecule has 0 bridgehead atoms. The zero-order valence-corrected chi connectivity index (χ0v) is 19.2. The lowest BCUT2D eigenvalue weighted by molar-refractivity contribution is -0.143. The minimum Gasteiger partial charge on any atom is -0.508 e. The summed E-state index contributed by atoms with van der Waals surface area (Å²) in [5.74, 6) is -4.04. The quantitative estimate of drug-likeness (QED) is 0.206. The number of aliphatic hydroxyl groups is 1. The molecule has 0 saturated carbocycles. The van der Waals surface area contributed by atoms with Crippen molar-refractivity contribution >= 4 is 23.7 Å². The van der Waals surface area contributed by atoms with E-state index < -0.39 is 54.5 Å². The summed E-state index contributed by atoms with van der Waals surface area (Å²) in [5, 5.41) is 35.4. The van der Waals surface area contributed by atoms with E-state index in [1.807, 2.05) is 0 Å². The van der Waals surface area contributed by atoms with E-state index in [2.05, 4.69) is 16.0 Å². The molecular formula is C22H34N4O7. The number of aromatic hydroxyl groups is 1.